The van der Waals surface area contributed by atoms with Crippen LogP contribution in [-0.4, -0.2) is 14.5 Å². The quantitative estimate of drug-likeness (QED) is 0.902. The van der Waals surface area contributed by atoms with Crippen molar-refractivity contribution in [2.75, 3.05) is 0 Å². The second-order valence-corrected chi connectivity index (χ2v) is 6.20. The SMILES string of the molecule is CCC(C)C(C)NS(=O)(=O)c1cccc(F)c1C#N. The molecule has 19 heavy (non-hydrogen) atoms. The van der Waals surface area contributed by atoms with Crippen molar-refractivity contribution in [2.45, 2.75) is 38.1 Å². The van der Waals surface area contributed by atoms with Crippen molar-refractivity contribution in [1.82, 2.24) is 4.72 Å². The van der Waals surface area contributed by atoms with Gasteiger partial charge in [0.25, 0.3) is 0 Å². The molecule has 104 valence electrons. The van der Waals surface area contributed by atoms with E-state index >= 15 is 0 Å². The maximum atomic E-state index is 13.4. The van der Waals surface area contributed by atoms with Crippen molar-refractivity contribution < 1.29 is 12.8 Å². The Balaban J connectivity index is 3.16. The van der Waals surface area contributed by atoms with Gasteiger partial charge in [-0.05, 0) is 25.0 Å². The second kappa shape index (κ2) is 6.13. The average molecular weight is 284 g/mol. The minimum absolute atomic E-state index is 0.147. The van der Waals surface area contributed by atoms with Crippen molar-refractivity contribution in [2.24, 2.45) is 5.92 Å². The number of sulfonamides is 1. The number of hydrogen-bond acceptors (Lipinski definition) is 3. The molecule has 0 aliphatic heterocycles. The molecule has 0 spiro atoms. The lowest BCUT2D eigenvalue weighted by molar-refractivity contribution is 0.433. The fraction of sp³-hybridized carbons (Fsp3) is 0.462. The summed E-state index contributed by atoms with van der Waals surface area (Å²) in [6.07, 6.45) is 0.817. The monoisotopic (exact) mass is 284 g/mol. The maximum absolute atomic E-state index is 13.4. The summed E-state index contributed by atoms with van der Waals surface area (Å²) in [5.74, 6) is -0.685. The molecular formula is C13H17FN2O2S. The van der Waals surface area contributed by atoms with Crippen LogP contribution in [0.25, 0.3) is 0 Å². The Morgan fingerprint density at radius 2 is 2.05 bits per heavy atom. The summed E-state index contributed by atoms with van der Waals surface area (Å²) in [4.78, 5) is -0.315. The highest BCUT2D eigenvalue weighted by atomic mass is 32.2. The van der Waals surface area contributed by atoms with E-state index in [1.165, 1.54) is 12.1 Å². The zero-order valence-electron chi connectivity index (χ0n) is 11.1. The molecule has 2 atom stereocenters. The van der Waals surface area contributed by atoms with E-state index in [1.54, 1.807) is 13.0 Å². The van der Waals surface area contributed by atoms with Crippen LogP contribution in [0.15, 0.2) is 23.1 Å². The van der Waals surface area contributed by atoms with Gasteiger partial charge in [0.2, 0.25) is 10.0 Å². The second-order valence-electron chi connectivity index (χ2n) is 4.52. The summed E-state index contributed by atoms with van der Waals surface area (Å²) in [5.41, 5.74) is -0.452. The number of halogens is 1. The van der Waals surface area contributed by atoms with Gasteiger partial charge in [-0.15, -0.1) is 0 Å². The van der Waals surface area contributed by atoms with E-state index < -0.39 is 21.4 Å². The molecule has 0 radical (unpaired) electrons. The van der Waals surface area contributed by atoms with Gasteiger partial charge in [0.15, 0.2) is 0 Å². The molecule has 0 amide bonds. The molecule has 0 aliphatic carbocycles. The number of benzene rings is 1. The van der Waals surface area contributed by atoms with E-state index in [4.69, 9.17) is 5.26 Å². The molecule has 4 nitrogen and oxygen atoms in total. The first kappa shape index (κ1) is 15.6. The molecule has 2 unspecified atom stereocenters. The normalized spacial score (nSPS) is 14.7. The third-order valence-electron chi connectivity index (χ3n) is 3.22. The van der Waals surface area contributed by atoms with E-state index in [-0.39, 0.29) is 16.9 Å². The molecule has 0 fully saturated rings. The van der Waals surface area contributed by atoms with Gasteiger partial charge < -0.3 is 0 Å². The molecule has 1 N–H and O–H groups in total. The van der Waals surface area contributed by atoms with Crippen LogP contribution in [0, 0.1) is 23.1 Å². The number of rotatable bonds is 5. The first-order valence-electron chi connectivity index (χ1n) is 6.04. The molecule has 0 saturated carbocycles. The zero-order chi connectivity index (χ0) is 14.6. The van der Waals surface area contributed by atoms with E-state index in [1.807, 2.05) is 13.8 Å². The van der Waals surface area contributed by atoms with E-state index in [9.17, 15) is 12.8 Å². The van der Waals surface area contributed by atoms with Crippen LogP contribution in [0.3, 0.4) is 0 Å². The zero-order valence-corrected chi connectivity index (χ0v) is 12.0. The number of nitriles is 1. The molecule has 0 saturated heterocycles. The van der Waals surface area contributed by atoms with Gasteiger partial charge in [0.05, 0.1) is 0 Å². The lowest BCUT2D eigenvalue weighted by Crippen LogP contribution is -2.37. The van der Waals surface area contributed by atoms with Crippen LogP contribution in [0.5, 0.6) is 0 Å². The predicted molar refractivity (Wildman–Crippen MR) is 70.4 cm³/mol. The number of nitrogens with one attached hydrogen (secondary N) is 1. The molecule has 0 aliphatic rings. The Morgan fingerprint density at radius 3 is 2.58 bits per heavy atom. The summed E-state index contributed by atoms with van der Waals surface area (Å²) in [6, 6.07) is 4.88. The largest absolute Gasteiger partial charge is 0.242 e. The molecule has 0 heterocycles. The molecule has 6 heteroatoms. The van der Waals surface area contributed by atoms with Crippen molar-refractivity contribution >= 4 is 10.0 Å². The lowest BCUT2D eigenvalue weighted by atomic mass is 10.0. The van der Waals surface area contributed by atoms with Crippen molar-refractivity contribution in [3.8, 4) is 6.07 Å². The smallest absolute Gasteiger partial charge is 0.208 e. The summed E-state index contributed by atoms with van der Waals surface area (Å²) in [7, 11) is -3.89. The highest BCUT2D eigenvalue weighted by molar-refractivity contribution is 7.89. The minimum Gasteiger partial charge on any atom is -0.208 e. The Morgan fingerprint density at radius 1 is 1.42 bits per heavy atom. The minimum atomic E-state index is -3.89. The highest BCUT2D eigenvalue weighted by Gasteiger charge is 2.24. The Kier molecular flexibility index (Phi) is 5.04. The first-order chi connectivity index (χ1) is 8.83. The first-order valence-corrected chi connectivity index (χ1v) is 7.52. The fourth-order valence-electron chi connectivity index (χ4n) is 1.61. The summed E-state index contributed by atoms with van der Waals surface area (Å²) in [6.45, 7) is 5.62. The summed E-state index contributed by atoms with van der Waals surface area (Å²) < 4.78 is 40.2. The van der Waals surface area contributed by atoms with Gasteiger partial charge in [-0.25, -0.2) is 17.5 Å². The summed E-state index contributed by atoms with van der Waals surface area (Å²) >= 11 is 0. The van der Waals surface area contributed by atoms with E-state index in [2.05, 4.69) is 4.72 Å². The van der Waals surface area contributed by atoms with Crippen LogP contribution in [-0.2, 0) is 10.0 Å². The third kappa shape index (κ3) is 3.52. The average Bonchev–Trinajstić information content (AvgIpc) is 2.36. The standard InChI is InChI=1S/C13H17FN2O2S/c1-4-9(2)10(3)16-19(17,18)13-7-5-6-12(14)11(13)8-15/h5-7,9-10,16H,4H2,1-3H3. The van der Waals surface area contributed by atoms with Crippen LogP contribution in [0.4, 0.5) is 4.39 Å². The molecular weight excluding hydrogens is 267 g/mol. The van der Waals surface area contributed by atoms with Crippen molar-refractivity contribution in [3.63, 3.8) is 0 Å². The van der Waals surface area contributed by atoms with Crippen LogP contribution < -0.4 is 4.72 Å². The topological polar surface area (TPSA) is 70.0 Å². The molecule has 1 aromatic rings. The van der Waals surface area contributed by atoms with E-state index in [0.717, 1.165) is 12.5 Å². The van der Waals surface area contributed by atoms with Crippen molar-refractivity contribution in [3.05, 3.63) is 29.6 Å². The van der Waals surface area contributed by atoms with Gasteiger partial charge in [-0.3, -0.25) is 0 Å². The Hall–Kier alpha value is -1.45. The van der Waals surface area contributed by atoms with Crippen LogP contribution >= 0.6 is 0 Å². The summed E-state index contributed by atoms with van der Waals surface area (Å²) in [5, 5.41) is 8.87. The molecule has 1 rings (SSSR count). The van der Waals surface area contributed by atoms with E-state index in [0.29, 0.717) is 0 Å². The van der Waals surface area contributed by atoms with Gasteiger partial charge in [0.1, 0.15) is 22.3 Å². The molecule has 1 aromatic carbocycles. The van der Waals surface area contributed by atoms with Gasteiger partial charge in [-0.1, -0.05) is 26.3 Å². The van der Waals surface area contributed by atoms with Gasteiger partial charge in [-0.2, -0.15) is 5.26 Å². The van der Waals surface area contributed by atoms with Gasteiger partial charge >= 0.3 is 0 Å². The Bertz CT molecular complexity index is 593. The molecule has 0 aromatic heterocycles. The predicted octanol–water partition coefficient (Wildman–Crippen LogP) is 2.41. The number of hydrogen-bond donors (Lipinski definition) is 1. The van der Waals surface area contributed by atoms with Crippen LogP contribution in [0.2, 0.25) is 0 Å². The molecule has 0 bridgehead atoms. The maximum Gasteiger partial charge on any atom is 0.242 e. The number of nitrogens with zero attached hydrogens (tertiary/aromatic N) is 1. The lowest BCUT2D eigenvalue weighted by Gasteiger charge is -2.20. The van der Waals surface area contributed by atoms with Crippen LogP contribution in [0.1, 0.15) is 32.8 Å². The van der Waals surface area contributed by atoms with Gasteiger partial charge in [0, 0.05) is 6.04 Å². The fourth-order valence-corrected chi connectivity index (χ4v) is 3.13. The Labute approximate surface area is 113 Å². The third-order valence-corrected chi connectivity index (χ3v) is 4.82. The highest BCUT2D eigenvalue weighted by Crippen LogP contribution is 2.19. The van der Waals surface area contributed by atoms with Crippen molar-refractivity contribution in [1.29, 1.82) is 5.26 Å².